The van der Waals surface area contributed by atoms with E-state index in [1.807, 2.05) is 121 Å². The van der Waals surface area contributed by atoms with Crippen molar-refractivity contribution in [2.75, 3.05) is 13.7 Å². The third kappa shape index (κ3) is 11.7. The summed E-state index contributed by atoms with van der Waals surface area (Å²) in [4.78, 5) is 40.5. The molecule has 0 aliphatic carbocycles. The molecule has 0 aliphatic rings. The average Bonchev–Trinajstić information content (AvgIpc) is 3.28. The van der Waals surface area contributed by atoms with Crippen LogP contribution in [0, 0.1) is 0 Å². The fourth-order valence-corrected chi connectivity index (χ4v) is 6.08. The molecule has 1 atom stereocenters. The molecule has 0 fully saturated rings. The van der Waals surface area contributed by atoms with Crippen molar-refractivity contribution in [1.29, 1.82) is 0 Å². The number of ether oxygens (including phenoxy) is 5. The van der Waals surface area contributed by atoms with Crippen LogP contribution in [0.4, 0.5) is 0 Å². The number of benzene rings is 6. The zero-order valence-electron chi connectivity index (χ0n) is 32.3. The first-order valence-corrected chi connectivity index (χ1v) is 19.1. The Hall–Kier alpha value is -7.07. The molecule has 10 heteroatoms. The van der Waals surface area contributed by atoms with Crippen molar-refractivity contribution in [3.8, 4) is 23.0 Å². The Bertz CT molecular complexity index is 2220. The smallest absolute Gasteiger partial charge is 0.328 e. The topological polar surface area (TPSA) is 121 Å². The van der Waals surface area contributed by atoms with Crippen molar-refractivity contribution < 1.29 is 38.1 Å². The zero-order valence-corrected chi connectivity index (χ0v) is 32.3. The summed E-state index contributed by atoms with van der Waals surface area (Å²) < 4.78 is 29.8. The molecular formula is C48H46N2O8. The van der Waals surface area contributed by atoms with E-state index in [1.165, 1.54) is 7.11 Å². The lowest BCUT2D eigenvalue weighted by molar-refractivity contribution is -0.143. The SMILES string of the molecule is COC(=O)[C@H](CCCNC(=O)c1cccc(OCc2ccccc2)c1OCc1ccccc1)NC(=O)c1cccc(OCc2ccccc2)c1OCc1ccccc1. The van der Waals surface area contributed by atoms with Gasteiger partial charge in [0.05, 0.1) is 18.2 Å². The number of rotatable bonds is 20. The highest BCUT2D eigenvalue weighted by Gasteiger charge is 2.26. The van der Waals surface area contributed by atoms with E-state index >= 15 is 0 Å². The van der Waals surface area contributed by atoms with E-state index < -0.39 is 17.9 Å². The molecule has 0 heterocycles. The van der Waals surface area contributed by atoms with E-state index in [0.29, 0.717) is 35.8 Å². The van der Waals surface area contributed by atoms with Gasteiger partial charge in [0.25, 0.3) is 11.8 Å². The van der Waals surface area contributed by atoms with Crippen LogP contribution in [0.15, 0.2) is 158 Å². The molecule has 296 valence electrons. The van der Waals surface area contributed by atoms with Gasteiger partial charge in [-0.1, -0.05) is 133 Å². The van der Waals surface area contributed by atoms with Crippen LogP contribution in [0.5, 0.6) is 23.0 Å². The van der Waals surface area contributed by atoms with E-state index in [4.69, 9.17) is 23.7 Å². The highest BCUT2D eigenvalue weighted by molar-refractivity contribution is 6.00. The van der Waals surface area contributed by atoms with Crippen LogP contribution in [0.1, 0.15) is 55.8 Å². The summed E-state index contributed by atoms with van der Waals surface area (Å²) in [7, 11) is 1.26. The predicted octanol–water partition coefficient (Wildman–Crippen LogP) is 8.48. The van der Waals surface area contributed by atoms with Crippen LogP contribution in [0.25, 0.3) is 0 Å². The minimum Gasteiger partial charge on any atom is -0.485 e. The van der Waals surface area contributed by atoms with Crippen LogP contribution in [-0.4, -0.2) is 37.5 Å². The van der Waals surface area contributed by atoms with Gasteiger partial charge in [-0.25, -0.2) is 4.79 Å². The summed E-state index contributed by atoms with van der Waals surface area (Å²) >= 11 is 0. The number of nitrogens with one attached hydrogen (secondary N) is 2. The first-order valence-electron chi connectivity index (χ1n) is 19.1. The largest absolute Gasteiger partial charge is 0.485 e. The second-order valence-electron chi connectivity index (χ2n) is 13.3. The van der Waals surface area contributed by atoms with Crippen LogP contribution in [0.2, 0.25) is 0 Å². The molecule has 2 amide bonds. The van der Waals surface area contributed by atoms with Crippen molar-refractivity contribution >= 4 is 17.8 Å². The summed E-state index contributed by atoms with van der Waals surface area (Å²) in [5.74, 6) is -0.160. The maximum absolute atomic E-state index is 13.9. The van der Waals surface area contributed by atoms with Crippen molar-refractivity contribution in [1.82, 2.24) is 10.6 Å². The Kier molecular flexibility index (Phi) is 14.9. The van der Waals surface area contributed by atoms with Crippen molar-refractivity contribution in [3.05, 3.63) is 191 Å². The third-order valence-electron chi connectivity index (χ3n) is 9.12. The van der Waals surface area contributed by atoms with Gasteiger partial charge in [-0.3, -0.25) is 9.59 Å². The standard InChI is InChI=1S/C48H46N2O8/c1-54-48(53)41(50-47(52)40-26-15-29-43(56-32-36-19-8-3-9-20-36)45(40)58-34-38-23-12-5-13-24-38)27-16-30-49-46(51)39-25-14-28-42(55-31-35-17-6-2-7-18-35)44(39)57-33-37-21-10-4-11-22-37/h2-15,17-26,28-29,41H,16,27,30-34H2,1H3,(H,49,51)(H,50,52)/t41-/m0/s1. The molecule has 0 aliphatic heterocycles. The van der Waals surface area contributed by atoms with Crippen molar-refractivity contribution in [3.63, 3.8) is 0 Å². The molecule has 6 aromatic carbocycles. The molecule has 0 unspecified atom stereocenters. The first kappa shape index (κ1) is 40.6. The van der Waals surface area contributed by atoms with E-state index in [0.717, 1.165) is 22.3 Å². The Morgan fingerprint density at radius 2 is 0.879 bits per heavy atom. The van der Waals surface area contributed by atoms with Crippen LogP contribution >= 0.6 is 0 Å². The van der Waals surface area contributed by atoms with Crippen LogP contribution in [-0.2, 0) is 36.0 Å². The Balaban J connectivity index is 1.12. The number of amides is 2. The number of carbonyl (C=O) groups is 3. The lowest BCUT2D eigenvalue weighted by Crippen LogP contribution is -2.42. The third-order valence-corrected chi connectivity index (χ3v) is 9.12. The summed E-state index contributed by atoms with van der Waals surface area (Å²) in [5, 5.41) is 5.76. The molecule has 0 saturated carbocycles. The normalized spacial score (nSPS) is 11.1. The Morgan fingerprint density at radius 3 is 1.29 bits per heavy atom. The van der Waals surface area contributed by atoms with Crippen molar-refractivity contribution in [2.45, 2.75) is 45.3 Å². The van der Waals surface area contributed by atoms with Gasteiger partial charge in [-0.2, -0.15) is 0 Å². The number of hydrogen-bond acceptors (Lipinski definition) is 8. The zero-order chi connectivity index (χ0) is 40.4. The van der Waals surface area contributed by atoms with E-state index in [1.54, 1.807) is 36.4 Å². The number of para-hydroxylation sites is 2. The van der Waals surface area contributed by atoms with Gasteiger partial charge < -0.3 is 34.3 Å². The Labute approximate surface area is 338 Å². The van der Waals surface area contributed by atoms with Gasteiger partial charge in [-0.15, -0.1) is 0 Å². The molecule has 6 rings (SSSR count). The average molecular weight is 779 g/mol. The van der Waals surface area contributed by atoms with E-state index in [9.17, 15) is 14.4 Å². The van der Waals surface area contributed by atoms with Gasteiger partial charge in [0.15, 0.2) is 23.0 Å². The molecular weight excluding hydrogens is 733 g/mol. The van der Waals surface area contributed by atoms with Gasteiger partial charge >= 0.3 is 5.97 Å². The molecule has 0 radical (unpaired) electrons. The second kappa shape index (κ2) is 21.3. The van der Waals surface area contributed by atoms with Crippen LogP contribution in [0.3, 0.4) is 0 Å². The molecule has 0 bridgehead atoms. The van der Waals surface area contributed by atoms with Gasteiger partial charge in [0, 0.05) is 6.54 Å². The molecule has 0 saturated heterocycles. The fraction of sp³-hybridized carbons (Fsp3) is 0.188. The van der Waals surface area contributed by atoms with Crippen molar-refractivity contribution in [2.24, 2.45) is 0 Å². The Morgan fingerprint density at radius 1 is 0.483 bits per heavy atom. The summed E-state index contributed by atoms with van der Waals surface area (Å²) in [6, 6.07) is 47.9. The molecule has 2 N–H and O–H groups in total. The number of carbonyl (C=O) groups excluding carboxylic acids is 3. The maximum atomic E-state index is 13.9. The highest BCUT2D eigenvalue weighted by Crippen LogP contribution is 2.34. The van der Waals surface area contributed by atoms with Gasteiger partial charge in [0.2, 0.25) is 0 Å². The fourth-order valence-electron chi connectivity index (χ4n) is 6.08. The predicted molar refractivity (Wildman–Crippen MR) is 221 cm³/mol. The molecule has 0 aromatic heterocycles. The summed E-state index contributed by atoms with van der Waals surface area (Å²) in [5.41, 5.74) is 4.26. The number of methoxy groups -OCH3 is 1. The van der Waals surface area contributed by atoms with Crippen LogP contribution < -0.4 is 29.6 Å². The molecule has 58 heavy (non-hydrogen) atoms. The number of hydrogen-bond donors (Lipinski definition) is 2. The van der Waals surface area contributed by atoms with Gasteiger partial charge in [-0.05, 0) is 59.4 Å². The minimum atomic E-state index is -1.01. The minimum absolute atomic E-state index is 0.181. The molecule has 6 aromatic rings. The summed E-state index contributed by atoms with van der Waals surface area (Å²) in [6.45, 7) is 1.17. The molecule has 0 spiro atoms. The second-order valence-corrected chi connectivity index (χ2v) is 13.3. The van der Waals surface area contributed by atoms with E-state index in [2.05, 4.69) is 10.6 Å². The number of esters is 1. The first-order chi connectivity index (χ1) is 28.5. The quantitative estimate of drug-likeness (QED) is 0.0585. The molecule has 10 nitrogen and oxygen atoms in total. The van der Waals surface area contributed by atoms with E-state index in [-0.39, 0.29) is 50.0 Å². The monoisotopic (exact) mass is 778 g/mol. The maximum Gasteiger partial charge on any atom is 0.328 e. The lowest BCUT2D eigenvalue weighted by Gasteiger charge is -2.20. The lowest BCUT2D eigenvalue weighted by atomic mass is 10.1. The van der Waals surface area contributed by atoms with Gasteiger partial charge in [0.1, 0.15) is 32.5 Å². The summed E-state index contributed by atoms with van der Waals surface area (Å²) in [6.07, 6.45) is 0.522. The highest BCUT2D eigenvalue weighted by atomic mass is 16.5.